The predicted octanol–water partition coefficient (Wildman–Crippen LogP) is 27.1. The molecule has 0 unspecified atom stereocenters. The van der Waals surface area contributed by atoms with Crippen molar-refractivity contribution in [2.75, 3.05) is 0 Å². The maximum Gasteiger partial charge on any atom is 3.00 e. The zero-order valence-electron chi connectivity index (χ0n) is 58.5. The van der Waals surface area contributed by atoms with Gasteiger partial charge in [-0.25, -0.2) is 0 Å². The third-order valence-electron chi connectivity index (χ3n) is 19.5. The molecule has 82 heavy (non-hydrogen) atoms. The molecule has 0 atom stereocenters. The van der Waals surface area contributed by atoms with Crippen LogP contribution >= 0.6 is 0 Å². The molecule has 471 valence electrons. The summed E-state index contributed by atoms with van der Waals surface area (Å²) in [7, 11) is -8.61. The second kappa shape index (κ2) is 46.3. The molecule has 0 bridgehead atoms. The van der Waals surface area contributed by atoms with Crippen LogP contribution in [0.25, 0.3) is 0 Å². The SMILES string of the molecule is CCC[Si](CCC)(CCC)[C-](c1ccccc1)[Si](CCC)(CCC)CCC.CCC[Si](CCC)(CCC)[C-](c1ccccc1)[Si](CCC)(CCC)CCC.CCC[Si](CCC)(CCC)[C-](c1ccccc1)[Si](CCC)(CCC)CCC.[Cr+3]. The van der Waals surface area contributed by atoms with E-state index in [0.717, 1.165) is 0 Å². The van der Waals surface area contributed by atoms with Crippen molar-refractivity contribution >= 4 is 48.4 Å². The van der Waals surface area contributed by atoms with Crippen LogP contribution in [0.5, 0.6) is 0 Å². The average Bonchev–Trinajstić information content (AvgIpc) is 3.46. The van der Waals surface area contributed by atoms with Gasteiger partial charge in [-0.2, -0.15) is 68.6 Å². The van der Waals surface area contributed by atoms with Crippen molar-refractivity contribution in [1.29, 1.82) is 0 Å². The summed E-state index contributed by atoms with van der Waals surface area (Å²) in [5, 5.41) is 6.35. The van der Waals surface area contributed by atoms with Gasteiger partial charge in [0.1, 0.15) is 0 Å². The second-order valence-electron chi connectivity index (χ2n) is 26.4. The molecular formula is C75H141CrSi6. The van der Waals surface area contributed by atoms with Crippen LogP contribution in [0.1, 0.15) is 257 Å². The molecule has 0 nitrogen and oxygen atoms in total. The number of rotatable bonds is 45. The zero-order valence-corrected chi connectivity index (χ0v) is 65.8. The molecule has 0 heterocycles. The summed E-state index contributed by atoms with van der Waals surface area (Å²) in [5.41, 5.74) is 5.00. The van der Waals surface area contributed by atoms with Gasteiger partial charge in [-0.15, -0.1) is 36.4 Å². The largest absolute Gasteiger partial charge is 3.00 e. The maximum absolute atomic E-state index is 2.49. The van der Waals surface area contributed by atoms with Crippen molar-refractivity contribution < 1.29 is 17.4 Å². The van der Waals surface area contributed by atoms with E-state index >= 15 is 0 Å². The smallest absolute Gasteiger partial charge is 0.193 e. The van der Waals surface area contributed by atoms with Crippen LogP contribution in [0.2, 0.25) is 109 Å². The molecule has 3 aromatic carbocycles. The Kier molecular flexibility index (Phi) is 45.7. The van der Waals surface area contributed by atoms with Crippen molar-refractivity contribution in [3.8, 4) is 0 Å². The van der Waals surface area contributed by atoms with Crippen molar-refractivity contribution in [2.45, 2.75) is 349 Å². The first-order valence-corrected chi connectivity index (χ1v) is 51.8. The van der Waals surface area contributed by atoms with Crippen LogP contribution in [0.15, 0.2) is 91.0 Å². The Morgan fingerprint density at radius 1 is 0.183 bits per heavy atom. The van der Waals surface area contributed by atoms with Crippen molar-refractivity contribution in [3.63, 3.8) is 0 Å². The summed E-state index contributed by atoms with van der Waals surface area (Å²) >= 11 is 0. The van der Waals surface area contributed by atoms with Crippen molar-refractivity contribution in [1.82, 2.24) is 0 Å². The fourth-order valence-electron chi connectivity index (χ4n) is 18.5. The van der Waals surface area contributed by atoms with Gasteiger partial charge in [0.2, 0.25) is 0 Å². The van der Waals surface area contributed by atoms with E-state index < -0.39 is 48.4 Å². The molecule has 0 aliphatic rings. The molecule has 3 rings (SSSR count). The number of hydrogen-bond acceptors (Lipinski definition) is 0. The minimum atomic E-state index is -1.43. The third-order valence-corrected chi connectivity index (χ3v) is 63.4. The molecule has 0 amide bonds. The topological polar surface area (TPSA) is 0 Å². The van der Waals surface area contributed by atoms with E-state index in [1.54, 1.807) is 16.7 Å². The Balaban J connectivity index is 0.00000119. The van der Waals surface area contributed by atoms with E-state index in [4.69, 9.17) is 0 Å². The quantitative estimate of drug-likeness (QED) is 0.0391. The van der Waals surface area contributed by atoms with Crippen LogP contribution < -0.4 is 0 Å². The fourth-order valence-corrected chi connectivity index (χ4v) is 69.6. The molecule has 0 fully saturated rings. The Bertz CT molecular complexity index is 1490. The Labute approximate surface area is 534 Å². The van der Waals surface area contributed by atoms with Gasteiger partial charge in [0, 0.05) is 48.4 Å². The van der Waals surface area contributed by atoms with E-state index in [2.05, 4.69) is 231 Å². The predicted molar refractivity (Wildman–Crippen MR) is 393 cm³/mol. The van der Waals surface area contributed by atoms with Gasteiger partial charge in [0.05, 0.1) is 0 Å². The van der Waals surface area contributed by atoms with Crippen LogP contribution in [0.4, 0.5) is 0 Å². The van der Waals surface area contributed by atoms with E-state index in [9.17, 15) is 0 Å². The Morgan fingerprint density at radius 2 is 0.280 bits per heavy atom. The Morgan fingerprint density at radius 3 is 0.366 bits per heavy atom. The first-order valence-electron chi connectivity index (χ1n) is 36.1. The van der Waals surface area contributed by atoms with Gasteiger partial charge in [-0.05, 0) is 0 Å². The monoisotopic (exact) mass is 1260 g/mol. The summed E-state index contributed by atoms with van der Waals surface area (Å²) in [6.07, 6.45) is 24.7. The van der Waals surface area contributed by atoms with E-state index in [1.165, 1.54) is 224 Å². The standard InChI is InChI=1S/3C25H47Si2.Cr/c3*1-7-18-26(19-8-2,20-9-3)25(24-16-14-13-15-17-24)27(21-10-4,22-11-5)23-12-6;/h3*13-17H,7-12,18-23H2,1-6H3;/q3*-1;+3. The molecule has 7 heteroatoms. The minimum absolute atomic E-state index is 0. The van der Waals surface area contributed by atoms with Crippen molar-refractivity contribution in [2.24, 2.45) is 0 Å². The first-order chi connectivity index (χ1) is 39.3. The van der Waals surface area contributed by atoms with Gasteiger partial charge < -0.3 is 0 Å². The summed E-state index contributed by atoms with van der Waals surface area (Å²) in [6, 6.07) is 62.7. The van der Waals surface area contributed by atoms with E-state index in [0.29, 0.717) is 0 Å². The summed E-state index contributed by atoms with van der Waals surface area (Å²) in [6.45, 7) is 44.0. The summed E-state index contributed by atoms with van der Waals surface area (Å²) in [4.78, 5) is 0. The zero-order chi connectivity index (χ0) is 60.5. The first kappa shape index (κ1) is 81.1. The molecule has 1 radical (unpaired) electrons. The van der Waals surface area contributed by atoms with Gasteiger partial charge in [0.25, 0.3) is 0 Å². The third kappa shape index (κ3) is 23.6. The molecule has 0 N–H and O–H groups in total. The second-order valence-corrected chi connectivity index (χ2v) is 55.3. The molecule has 0 aliphatic heterocycles. The van der Waals surface area contributed by atoms with Gasteiger partial charge >= 0.3 is 17.4 Å². The van der Waals surface area contributed by atoms with Crippen LogP contribution in [-0.2, 0) is 17.4 Å². The van der Waals surface area contributed by atoms with Crippen LogP contribution in [-0.4, -0.2) is 48.4 Å². The minimum Gasteiger partial charge on any atom is -0.193 e. The van der Waals surface area contributed by atoms with E-state index in [-0.39, 0.29) is 17.4 Å². The molecule has 0 aromatic heterocycles. The van der Waals surface area contributed by atoms with Gasteiger partial charge in [-0.3, -0.25) is 0 Å². The fraction of sp³-hybridized carbons (Fsp3) is 0.720. The van der Waals surface area contributed by atoms with E-state index in [1.807, 2.05) is 0 Å². The molecule has 0 spiro atoms. The molecular weight excluding hydrogens is 1120 g/mol. The number of benzene rings is 3. The average molecular weight is 1260 g/mol. The molecule has 0 saturated heterocycles. The van der Waals surface area contributed by atoms with Gasteiger partial charge in [0.15, 0.2) is 0 Å². The van der Waals surface area contributed by atoms with Gasteiger partial charge in [-0.1, -0.05) is 367 Å². The maximum atomic E-state index is 2.49. The van der Waals surface area contributed by atoms with Crippen LogP contribution in [0.3, 0.4) is 0 Å². The number of hydrogen-bond donors (Lipinski definition) is 0. The summed E-state index contributed by atoms with van der Waals surface area (Å²) < 4.78 is 0. The van der Waals surface area contributed by atoms with Crippen molar-refractivity contribution in [3.05, 3.63) is 123 Å². The van der Waals surface area contributed by atoms with Crippen LogP contribution in [0, 0.1) is 15.5 Å². The summed E-state index contributed by atoms with van der Waals surface area (Å²) in [5.74, 6) is 0. The molecule has 0 saturated carbocycles. The normalized spacial score (nSPS) is 12.2. The Hall–Kier alpha value is -0.896. The molecule has 0 aliphatic carbocycles. The molecule has 3 aromatic rings.